The number of sulfonamides is 1. The first kappa shape index (κ1) is 17.0. The highest BCUT2D eigenvalue weighted by atomic mass is 32.2. The SMILES string of the molecule is NC(=NO)C1CCCC1NS(=O)(=O)CCCC(F)(F)F. The fourth-order valence-corrected chi connectivity index (χ4v) is 3.67. The minimum atomic E-state index is -4.36. The van der Waals surface area contributed by atoms with E-state index in [0.717, 1.165) is 0 Å². The molecular weight excluding hydrogens is 299 g/mol. The van der Waals surface area contributed by atoms with Crippen LogP contribution in [0.15, 0.2) is 5.16 Å². The molecule has 2 unspecified atom stereocenters. The Morgan fingerprint density at radius 1 is 1.40 bits per heavy atom. The Morgan fingerprint density at radius 2 is 2.05 bits per heavy atom. The molecular formula is C10H18F3N3O3S. The molecule has 0 aromatic heterocycles. The molecule has 118 valence electrons. The van der Waals surface area contributed by atoms with Gasteiger partial charge in [0.2, 0.25) is 10.0 Å². The Balaban J connectivity index is 2.53. The predicted octanol–water partition coefficient (Wildman–Crippen LogP) is 1.16. The van der Waals surface area contributed by atoms with E-state index < -0.39 is 46.8 Å². The van der Waals surface area contributed by atoms with E-state index in [-0.39, 0.29) is 5.84 Å². The van der Waals surface area contributed by atoms with Gasteiger partial charge in [0, 0.05) is 18.4 Å². The average Bonchev–Trinajstić information content (AvgIpc) is 2.73. The van der Waals surface area contributed by atoms with Gasteiger partial charge >= 0.3 is 6.18 Å². The second-order valence-corrected chi connectivity index (χ2v) is 6.70. The van der Waals surface area contributed by atoms with E-state index in [1.807, 2.05) is 0 Å². The molecule has 0 aliphatic heterocycles. The zero-order valence-corrected chi connectivity index (χ0v) is 11.5. The quantitative estimate of drug-likeness (QED) is 0.296. The second kappa shape index (κ2) is 6.61. The number of halogens is 3. The van der Waals surface area contributed by atoms with E-state index in [0.29, 0.717) is 19.3 Å². The van der Waals surface area contributed by atoms with Crippen molar-refractivity contribution in [2.75, 3.05) is 5.75 Å². The Bertz CT molecular complexity index is 450. The third-order valence-corrected chi connectivity index (χ3v) is 4.70. The molecule has 6 nitrogen and oxygen atoms in total. The predicted molar refractivity (Wildman–Crippen MR) is 66.7 cm³/mol. The first-order valence-corrected chi connectivity index (χ1v) is 7.84. The standard InChI is InChI=1S/C10H18F3N3O3S/c11-10(12,13)5-2-6-20(18,19)16-8-4-1-3-7(8)9(14)15-17/h7-8,16-17H,1-6H2,(H2,14,15). The minimum absolute atomic E-state index is 0.0644. The fraction of sp³-hybridized carbons (Fsp3) is 0.900. The van der Waals surface area contributed by atoms with Crippen molar-refractivity contribution in [3.8, 4) is 0 Å². The van der Waals surface area contributed by atoms with E-state index in [2.05, 4.69) is 9.88 Å². The summed E-state index contributed by atoms with van der Waals surface area (Å²) in [5, 5.41) is 11.5. The van der Waals surface area contributed by atoms with Crippen LogP contribution in [-0.2, 0) is 10.0 Å². The molecule has 0 heterocycles. The molecule has 1 saturated carbocycles. The lowest BCUT2D eigenvalue weighted by atomic mass is 10.0. The molecule has 4 N–H and O–H groups in total. The minimum Gasteiger partial charge on any atom is -0.409 e. The third-order valence-electron chi connectivity index (χ3n) is 3.22. The molecule has 0 radical (unpaired) electrons. The molecule has 1 aliphatic carbocycles. The number of amidine groups is 1. The van der Waals surface area contributed by atoms with Gasteiger partial charge in [-0.1, -0.05) is 11.6 Å². The summed E-state index contributed by atoms with van der Waals surface area (Å²) in [5.74, 6) is -1.07. The maximum atomic E-state index is 12.0. The van der Waals surface area contributed by atoms with Crippen LogP contribution in [0.5, 0.6) is 0 Å². The van der Waals surface area contributed by atoms with E-state index in [1.54, 1.807) is 0 Å². The molecule has 0 saturated heterocycles. The topological polar surface area (TPSA) is 105 Å². The van der Waals surface area contributed by atoms with Gasteiger partial charge in [0.25, 0.3) is 0 Å². The summed E-state index contributed by atoms with van der Waals surface area (Å²) in [6.07, 6.45) is -4.19. The van der Waals surface area contributed by atoms with Crippen molar-refractivity contribution >= 4 is 15.9 Å². The molecule has 0 aromatic carbocycles. The number of hydrogen-bond acceptors (Lipinski definition) is 4. The van der Waals surface area contributed by atoms with Gasteiger partial charge in [0.1, 0.15) is 5.84 Å². The van der Waals surface area contributed by atoms with Gasteiger partial charge in [0.15, 0.2) is 0 Å². The molecule has 10 heteroatoms. The Hall–Kier alpha value is -1.03. The number of nitrogens with two attached hydrogens (primary N) is 1. The molecule has 0 spiro atoms. The smallest absolute Gasteiger partial charge is 0.389 e. The van der Waals surface area contributed by atoms with Crippen LogP contribution in [0.2, 0.25) is 0 Å². The van der Waals surface area contributed by atoms with Gasteiger partial charge in [-0.2, -0.15) is 13.2 Å². The van der Waals surface area contributed by atoms with Crippen LogP contribution < -0.4 is 10.5 Å². The van der Waals surface area contributed by atoms with Crippen molar-refractivity contribution in [1.29, 1.82) is 0 Å². The number of hydrogen-bond donors (Lipinski definition) is 3. The second-order valence-electron chi connectivity index (χ2n) is 4.82. The van der Waals surface area contributed by atoms with Crippen LogP contribution in [0, 0.1) is 5.92 Å². The van der Waals surface area contributed by atoms with Crippen LogP contribution in [-0.4, -0.2) is 37.4 Å². The van der Waals surface area contributed by atoms with Gasteiger partial charge in [-0.3, -0.25) is 0 Å². The summed E-state index contributed by atoms with van der Waals surface area (Å²) in [4.78, 5) is 0. The maximum Gasteiger partial charge on any atom is 0.389 e. The number of oxime groups is 1. The summed E-state index contributed by atoms with van der Waals surface area (Å²) < 4.78 is 61.7. The monoisotopic (exact) mass is 317 g/mol. The Labute approximate surface area is 115 Å². The van der Waals surface area contributed by atoms with Crippen LogP contribution in [0.25, 0.3) is 0 Å². The lowest BCUT2D eigenvalue weighted by molar-refractivity contribution is -0.134. The first-order valence-electron chi connectivity index (χ1n) is 6.19. The van der Waals surface area contributed by atoms with Crippen molar-refractivity contribution in [3.05, 3.63) is 0 Å². The summed E-state index contributed by atoms with van der Waals surface area (Å²) in [7, 11) is -3.80. The van der Waals surface area contributed by atoms with Crippen molar-refractivity contribution < 1.29 is 26.8 Å². The van der Waals surface area contributed by atoms with Crippen LogP contribution in [0.3, 0.4) is 0 Å². The molecule has 0 bridgehead atoms. The van der Waals surface area contributed by atoms with Crippen LogP contribution in [0.4, 0.5) is 13.2 Å². The molecule has 1 aliphatic rings. The lowest BCUT2D eigenvalue weighted by Gasteiger charge is -2.19. The van der Waals surface area contributed by atoms with E-state index in [9.17, 15) is 21.6 Å². The van der Waals surface area contributed by atoms with Crippen LogP contribution in [0.1, 0.15) is 32.1 Å². The van der Waals surface area contributed by atoms with E-state index in [1.165, 1.54) is 0 Å². The summed E-state index contributed by atoms with van der Waals surface area (Å²) in [6, 6.07) is -0.526. The van der Waals surface area contributed by atoms with Gasteiger partial charge in [-0.05, 0) is 19.3 Å². The largest absolute Gasteiger partial charge is 0.409 e. The maximum absolute atomic E-state index is 12.0. The highest BCUT2D eigenvalue weighted by molar-refractivity contribution is 7.89. The van der Waals surface area contributed by atoms with Crippen molar-refractivity contribution in [2.24, 2.45) is 16.8 Å². The number of rotatable bonds is 6. The highest BCUT2D eigenvalue weighted by Gasteiger charge is 2.34. The molecule has 20 heavy (non-hydrogen) atoms. The van der Waals surface area contributed by atoms with Crippen molar-refractivity contribution in [3.63, 3.8) is 0 Å². The molecule has 0 amide bonds. The zero-order chi connectivity index (χ0) is 15.4. The zero-order valence-electron chi connectivity index (χ0n) is 10.7. The van der Waals surface area contributed by atoms with Gasteiger partial charge in [0.05, 0.1) is 5.75 Å². The highest BCUT2D eigenvalue weighted by Crippen LogP contribution is 2.27. The summed E-state index contributed by atoms with van der Waals surface area (Å²) >= 11 is 0. The van der Waals surface area contributed by atoms with Crippen LogP contribution >= 0.6 is 0 Å². The average molecular weight is 317 g/mol. The normalized spacial score (nSPS) is 25.1. The molecule has 0 aromatic rings. The summed E-state index contributed by atoms with van der Waals surface area (Å²) in [6.45, 7) is 0. The van der Waals surface area contributed by atoms with Gasteiger partial charge in [-0.15, -0.1) is 0 Å². The van der Waals surface area contributed by atoms with E-state index >= 15 is 0 Å². The number of nitrogens with zero attached hydrogens (tertiary/aromatic N) is 1. The first-order chi connectivity index (χ1) is 9.14. The van der Waals surface area contributed by atoms with Gasteiger partial charge in [-0.25, -0.2) is 13.1 Å². The summed E-state index contributed by atoms with van der Waals surface area (Å²) in [5.41, 5.74) is 5.46. The lowest BCUT2D eigenvalue weighted by Crippen LogP contribution is -2.43. The van der Waals surface area contributed by atoms with Gasteiger partial charge < -0.3 is 10.9 Å². The Kier molecular flexibility index (Phi) is 5.63. The molecule has 1 fully saturated rings. The van der Waals surface area contributed by atoms with Crippen molar-refractivity contribution in [1.82, 2.24) is 4.72 Å². The molecule has 1 rings (SSSR count). The fourth-order valence-electron chi connectivity index (χ4n) is 2.28. The number of nitrogens with one attached hydrogen (secondary N) is 1. The van der Waals surface area contributed by atoms with E-state index in [4.69, 9.17) is 10.9 Å². The third kappa shape index (κ3) is 5.53. The molecule has 2 atom stereocenters. The van der Waals surface area contributed by atoms with Crippen molar-refractivity contribution in [2.45, 2.75) is 44.3 Å². The Morgan fingerprint density at radius 3 is 2.60 bits per heavy atom. The number of alkyl halides is 3.